The molecular formula is C13H19NO2. The lowest BCUT2D eigenvalue weighted by Crippen LogP contribution is -2.25. The van der Waals surface area contributed by atoms with Gasteiger partial charge in [-0.2, -0.15) is 0 Å². The second-order valence-corrected chi connectivity index (χ2v) is 4.51. The summed E-state index contributed by atoms with van der Waals surface area (Å²) in [5.41, 5.74) is 6.37. The first-order chi connectivity index (χ1) is 7.78. The van der Waals surface area contributed by atoms with Gasteiger partial charge in [0.1, 0.15) is 5.75 Å². The van der Waals surface area contributed by atoms with Crippen LogP contribution in [0.5, 0.6) is 5.75 Å². The van der Waals surface area contributed by atoms with Crippen molar-refractivity contribution in [3.63, 3.8) is 0 Å². The molecule has 0 radical (unpaired) electrons. The van der Waals surface area contributed by atoms with E-state index in [0.29, 0.717) is 18.6 Å². The Morgan fingerprint density at radius 2 is 1.75 bits per heavy atom. The summed E-state index contributed by atoms with van der Waals surface area (Å²) in [6.45, 7) is 0.314. The lowest BCUT2D eigenvalue weighted by molar-refractivity contribution is 0.104. The zero-order valence-electron chi connectivity index (χ0n) is 9.43. The van der Waals surface area contributed by atoms with Gasteiger partial charge in [-0.15, -0.1) is 0 Å². The molecule has 1 aliphatic carbocycles. The molecule has 0 atom stereocenters. The van der Waals surface area contributed by atoms with Crippen molar-refractivity contribution in [3.8, 4) is 5.75 Å². The largest absolute Gasteiger partial charge is 0.490 e. The molecule has 1 fully saturated rings. The number of anilines is 1. The number of aliphatic hydroxyl groups excluding tert-OH is 1. The lowest BCUT2D eigenvalue weighted by atomic mass is 9.88. The van der Waals surface area contributed by atoms with E-state index >= 15 is 0 Å². The molecule has 1 aliphatic rings. The molecule has 0 bridgehead atoms. The Kier molecular flexibility index (Phi) is 3.67. The summed E-state index contributed by atoms with van der Waals surface area (Å²) in [6.07, 6.45) is 4.50. The Bertz CT molecular complexity index is 315. The number of nitrogen functional groups attached to an aromatic ring is 1. The van der Waals surface area contributed by atoms with Gasteiger partial charge in [-0.3, -0.25) is 0 Å². The third kappa shape index (κ3) is 2.89. The SMILES string of the molecule is Nc1ccc(OC2CCC(CO)CC2)cc1. The van der Waals surface area contributed by atoms with E-state index < -0.39 is 0 Å². The third-order valence-corrected chi connectivity index (χ3v) is 3.23. The van der Waals surface area contributed by atoms with Crippen molar-refractivity contribution >= 4 is 5.69 Å². The molecule has 0 spiro atoms. The second kappa shape index (κ2) is 5.21. The zero-order chi connectivity index (χ0) is 11.4. The Morgan fingerprint density at radius 3 is 2.31 bits per heavy atom. The molecule has 3 heteroatoms. The highest BCUT2D eigenvalue weighted by molar-refractivity contribution is 5.41. The third-order valence-electron chi connectivity index (χ3n) is 3.23. The van der Waals surface area contributed by atoms with E-state index in [2.05, 4.69) is 0 Å². The molecule has 3 N–H and O–H groups in total. The lowest BCUT2D eigenvalue weighted by Gasteiger charge is -2.27. The van der Waals surface area contributed by atoms with Crippen LogP contribution in [-0.4, -0.2) is 17.8 Å². The van der Waals surface area contributed by atoms with Gasteiger partial charge >= 0.3 is 0 Å². The number of aliphatic hydroxyl groups is 1. The Labute approximate surface area is 96.2 Å². The van der Waals surface area contributed by atoms with E-state index in [1.165, 1.54) is 0 Å². The maximum atomic E-state index is 9.04. The van der Waals surface area contributed by atoms with Crippen LogP contribution in [0.15, 0.2) is 24.3 Å². The fraction of sp³-hybridized carbons (Fsp3) is 0.538. The Balaban J connectivity index is 1.84. The smallest absolute Gasteiger partial charge is 0.119 e. The van der Waals surface area contributed by atoms with E-state index in [4.69, 9.17) is 15.6 Å². The van der Waals surface area contributed by atoms with E-state index in [0.717, 1.165) is 37.1 Å². The predicted molar refractivity (Wildman–Crippen MR) is 64.3 cm³/mol. The quantitative estimate of drug-likeness (QED) is 0.769. The van der Waals surface area contributed by atoms with Crippen LogP contribution < -0.4 is 10.5 Å². The number of hydrogen-bond donors (Lipinski definition) is 2. The summed E-state index contributed by atoms with van der Waals surface area (Å²) < 4.78 is 5.87. The molecule has 0 saturated heterocycles. The highest BCUT2D eigenvalue weighted by Gasteiger charge is 2.21. The van der Waals surface area contributed by atoms with Crippen molar-refractivity contribution in [2.45, 2.75) is 31.8 Å². The zero-order valence-corrected chi connectivity index (χ0v) is 9.43. The summed E-state index contributed by atoms with van der Waals surface area (Å²) in [5, 5.41) is 9.04. The van der Waals surface area contributed by atoms with Crippen LogP contribution in [0, 0.1) is 5.92 Å². The number of rotatable bonds is 3. The molecule has 0 aliphatic heterocycles. The number of nitrogens with two attached hydrogens (primary N) is 1. The average molecular weight is 221 g/mol. The molecule has 2 rings (SSSR count). The topological polar surface area (TPSA) is 55.5 Å². The van der Waals surface area contributed by atoms with Crippen LogP contribution in [0.4, 0.5) is 5.69 Å². The van der Waals surface area contributed by atoms with Crippen molar-refractivity contribution < 1.29 is 9.84 Å². The van der Waals surface area contributed by atoms with Crippen molar-refractivity contribution in [1.29, 1.82) is 0 Å². The molecule has 3 nitrogen and oxygen atoms in total. The summed E-state index contributed by atoms with van der Waals surface area (Å²) in [5.74, 6) is 1.37. The minimum atomic E-state index is 0.298. The van der Waals surface area contributed by atoms with Gasteiger partial charge in [0.15, 0.2) is 0 Å². The van der Waals surface area contributed by atoms with Crippen LogP contribution >= 0.6 is 0 Å². The average Bonchev–Trinajstić information content (AvgIpc) is 2.33. The van der Waals surface area contributed by atoms with Gasteiger partial charge in [0, 0.05) is 12.3 Å². The predicted octanol–water partition coefficient (Wildman–Crippen LogP) is 2.20. The van der Waals surface area contributed by atoms with E-state index in [-0.39, 0.29) is 0 Å². The normalized spacial score (nSPS) is 25.3. The maximum Gasteiger partial charge on any atom is 0.119 e. The van der Waals surface area contributed by atoms with E-state index in [1.54, 1.807) is 0 Å². The first-order valence-corrected chi connectivity index (χ1v) is 5.91. The van der Waals surface area contributed by atoms with Crippen LogP contribution in [0.25, 0.3) is 0 Å². The van der Waals surface area contributed by atoms with Crippen molar-refractivity contribution in [2.24, 2.45) is 5.92 Å². The minimum absolute atomic E-state index is 0.298. The first kappa shape index (κ1) is 11.3. The molecule has 0 unspecified atom stereocenters. The van der Waals surface area contributed by atoms with Gasteiger partial charge in [-0.05, 0) is 55.9 Å². The Morgan fingerprint density at radius 1 is 1.12 bits per heavy atom. The first-order valence-electron chi connectivity index (χ1n) is 5.91. The minimum Gasteiger partial charge on any atom is -0.490 e. The highest BCUT2D eigenvalue weighted by atomic mass is 16.5. The molecule has 1 saturated carbocycles. The molecule has 0 aromatic heterocycles. The van der Waals surface area contributed by atoms with Crippen LogP contribution in [0.2, 0.25) is 0 Å². The fourth-order valence-corrected chi connectivity index (χ4v) is 2.17. The molecule has 16 heavy (non-hydrogen) atoms. The number of hydrogen-bond acceptors (Lipinski definition) is 3. The molecule has 1 aromatic carbocycles. The van der Waals surface area contributed by atoms with Gasteiger partial charge in [0.05, 0.1) is 6.10 Å². The standard InChI is InChI=1S/C13H19NO2/c14-11-3-7-13(8-4-11)16-12-5-1-10(9-15)2-6-12/h3-4,7-8,10,12,15H,1-2,5-6,9,14H2. The highest BCUT2D eigenvalue weighted by Crippen LogP contribution is 2.27. The van der Waals surface area contributed by atoms with Crippen LogP contribution in [-0.2, 0) is 0 Å². The van der Waals surface area contributed by atoms with Crippen molar-refractivity contribution in [2.75, 3.05) is 12.3 Å². The summed E-state index contributed by atoms with van der Waals surface area (Å²) >= 11 is 0. The molecule has 0 amide bonds. The molecular weight excluding hydrogens is 202 g/mol. The Hall–Kier alpha value is -1.22. The van der Waals surface area contributed by atoms with Crippen molar-refractivity contribution in [1.82, 2.24) is 0 Å². The summed E-state index contributed by atoms with van der Waals surface area (Å²) in [4.78, 5) is 0. The van der Waals surface area contributed by atoms with E-state index in [9.17, 15) is 0 Å². The monoisotopic (exact) mass is 221 g/mol. The maximum absolute atomic E-state index is 9.04. The van der Waals surface area contributed by atoms with Gasteiger partial charge < -0.3 is 15.6 Å². The van der Waals surface area contributed by atoms with Gasteiger partial charge in [0.2, 0.25) is 0 Å². The number of benzene rings is 1. The fourth-order valence-electron chi connectivity index (χ4n) is 2.17. The summed E-state index contributed by atoms with van der Waals surface area (Å²) in [6, 6.07) is 7.53. The molecule has 88 valence electrons. The molecule has 0 heterocycles. The van der Waals surface area contributed by atoms with Crippen molar-refractivity contribution in [3.05, 3.63) is 24.3 Å². The second-order valence-electron chi connectivity index (χ2n) is 4.51. The van der Waals surface area contributed by atoms with Gasteiger partial charge in [-0.1, -0.05) is 0 Å². The van der Waals surface area contributed by atoms with Crippen LogP contribution in [0.1, 0.15) is 25.7 Å². The van der Waals surface area contributed by atoms with Crippen LogP contribution in [0.3, 0.4) is 0 Å². The number of ether oxygens (including phenoxy) is 1. The van der Waals surface area contributed by atoms with Gasteiger partial charge in [-0.25, -0.2) is 0 Å². The molecule has 1 aromatic rings. The van der Waals surface area contributed by atoms with E-state index in [1.807, 2.05) is 24.3 Å². The van der Waals surface area contributed by atoms with Gasteiger partial charge in [0.25, 0.3) is 0 Å². The summed E-state index contributed by atoms with van der Waals surface area (Å²) in [7, 11) is 0.